The zero-order valence-corrected chi connectivity index (χ0v) is 18.6. The molecule has 2 amide bonds. The van der Waals surface area contributed by atoms with E-state index in [-0.39, 0.29) is 43.7 Å². The lowest BCUT2D eigenvalue weighted by atomic mass is 10.1. The van der Waals surface area contributed by atoms with Gasteiger partial charge in [-0.3, -0.25) is 14.4 Å². The van der Waals surface area contributed by atoms with Gasteiger partial charge in [0, 0.05) is 24.4 Å². The van der Waals surface area contributed by atoms with Crippen molar-refractivity contribution in [2.75, 3.05) is 13.1 Å². The Labute approximate surface area is 193 Å². The van der Waals surface area contributed by atoms with Crippen molar-refractivity contribution in [3.8, 4) is 0 Å². The molecule has 0 bridgehead atoms. The highest BCUT2D eigenvalue weighted by Gasteiger charge is 2.25. The number of ether oxygens (including phenoxy) is 1. The van der Waals surface area contributed by atoms with Crippen LogP contribution in [-0.4, -0.2) is 35.8 Å². The number of nitrogens with zero attached hydrogens (tertiary/aromatic N) is 1. The molecule has 2 aromatic rings. The average molecular weight is 455 g/mol. The van der Waals surface area contributed by atoms with E-state index in [1.54, 1.807) is 12.1 Å². The van der Waals surface area contributed by atoms with Crippen molar-refractivity contribution in [2.45, 2.75) is 38.3 Å². The minimum atomic E-state index is -0.639. The Balaban J connectivity index is 1.72. The molecule has 1 atom stereocenters. The smallest absolute Gasteiger partial charge is 0.306 e. The Morgan fingerprint density at radius 1 is 1.00 bits per heavy atom. The highest BCUT2D eigenvalue weighted by molar-refractivity contribution is 6.30. The molecule has 7 heteroatoms. The fourth-order valence-electron chi connectivity index (χ4n) is 3.38. The van der Waals surface area contributed by atoms with E-state index in [1.165, 1.54) is 4.90 Å². The number of hydrogen-bond acceptors (Lipinski definition) is 4. The monoisotopic (exact) mass is 454 g/mol. The molecule has 1 aliphatic rings. The maximum absolute atomic E-state index is 12.9. The van der Waals surface area contributed by atoms with Crippen LogP contribution in [-0.2, 0) is 25.7 Å². The molecular weight excluding hydrogens is 428 g/mol. The molecule has 1 unspecified atom stereocenters. The summed E-state index contributed by atoms with van der Waals surface area (Å²) in [6, 6.07) is 16.5. The lowest BCUT2D eigenvalue weighted by molar-refractivity contribution is -0.153. The first-order chi connectivity index (χ1) is 15.5. The van der Waals surface area contributed by atoms with Crippen molar-refractivity contribution in [1.29, 1.82) is 0 Å². The number of hydrogen-bond donors (Lipinski definition) is 1. The van der Waals surface area contributed by atoms with E-state index >= 15 is 0 Å². The third-order valence-corrected chi connectivity index (χ3v) is 5.38. The minimum absolute atomic E-state index is 0.114. The number of halogens is 1. The quantitative estimate of drug-likeness (QED) is 0.542. The second kappa shape index (κ2) is 12.1. The van der Waals surface area contributed by atoms with Crippen LogP contribution in [0.15, 0.2) is 66.7 Å². The molecule has 1 aliphatic heterocycles. The molecule has 168 valence electrons. The number of cyclic esters (lactones) is 1. The molecule has 6 nitrogen and oxygen atoms in total. The molecule has 32 heavy (non-hydrogen) atoms. The van der Waals surface area contributed by atoms with E-state index in [9.17, 15) is 14.4 Å². The van der Waals surface area contributed by atoms with Crippen LogP contribution in [0.4, 0.5) is 0 Å². The number of carbonyl (C=O) groups is 3. The number of rotatable bonds is 5. The van der Waals surface area contributed by atoms with E-state index in [2.05, 4.69) is 5.32 Å². The van der Waals surface area contributed by atoms with Gasteiger partial charge in [-0.05, 0) is 36.1 Å². The predicted molar refractivity (Wildman–Crippen MR) is 123 cm³/mol. The van der Waals surface area contributed by atoms with E-state index < -0.39 is 6.10 Å². The fraction of sp³-hybridized carbons (Fsp3) is 0.320. The van der Waals surface area contributed by atoms with Crippen LogP contribution in [0, 0.1) is 0 Å². The summed E-state index contributed by atoms with van der Waals surface area (Å²) in [7, 11) is 0. The van der Waals surface area contributed by atoms with E-state index in [0.29, 0.717) is 24.4 Å². The average Bonchev–Trinajstić information content (AvgIpc) is 2.79. The number of allylic oxidation sites excluding steroid dienone is 2. The lowest BCUT2D eigenvalue weighted by Gasteiger charge is -2.28. The molecule has 2 aromatic carbocycles. The first-order valence-corrected chi connectivity index (χ1v) is 11.1. The van der Waals surface area contributed by atoms with Gasteiger partial charge in [0.15, 0.2) is 0 Å². The summed E-state index contributed by atoms with van der Waals surface area (Å²) in [5.41, 5.74) is 1.69. The minimum Gasteiger partial charge on any atom is -0.456 e. The summed E-state index contributed by atoms with van der Waals surface area (Å²) < 4.78 is 5.70. The molecule has 0 saturated carbocycles. The Morgan fingerprint density at radius 3 is 2.41 bits per heavy atom. The van der Waals surface area contributed by atoms with Crippen LogP contribution >= 0.6 is 11.6 Å². The standard InChI is InChI=1S/C25H27ClN2O4/c26-21-14-12-19(13-15-21)16-27-23(29)18-28-17-22(20-8-4-3-5-9-20)32-25(31)11-7-2-1-6-10-24(28)30/h1-5,8-9,12-15,22H,6-7,10-11,16-18H2,(H,27,29). The highest BCUT2D eigenvalue weighted by atomic mass is 35.5. The number of amides is 2. The zero-order valence-electron chi connectivity index (χ0n) is 17.8. The SMILES string of the molecule is O=C(CN1CC(c2ccccc2)OC(=O)CCC=CCCC1=O)NCc1ccc(Cl)cc1. The second-order valence-corrected chi connectivity index (χ2v) is 8.05. The van der Waals surface area contributed by atoms with Crippen LogP contribution < -0.4 is 5.32 Å². The molecule has 1 N–H and O–H groups in total. The topological polar surface area (TPSA) is 75.7 Å². The van der Waals surface area contributed by atoms with Gasteiger partial charge in [-0.2, -0.15) is 0 Å². The van der Waals surface area contributed by atoms with Crippen molar-refractivity contribution in [3.05, 3.63) is 82.9 Å². The summed E-state index contributed by atoms with van der Waals surface area (Å²) in [5, 5.41) is 3.46. The van der Waals surface area contributed by atoms with Crippen LogP contribution in [0.1, 0.15) is 42.9 Å². The van der Waals surface area contributed by atoms with Crippen molar-refractivity contribution < 1.29 is 19.1 Å². The van der Waals surface area contributed by atoms with Gasteiger partial charge in [-0.25, -0.2) is 0 Å². The third-order valence-electron chi connectivity index (χ3n) is 5.13. The van der Waals surface area contributed by atoms with Gasteiger partial charge in [0.1, 0.15) is 6.10 Å². The number of nitrogens with one attached hydrogen (secondary N) is 1. The van der Waals surface area contributed by atoms with Gasteiger partial charge < -0.3 is 15.0 Å². The molecule has 3 rings (SSSR count). The van der Waals surface area contributed by atoms with Crippen molar-refractivity contribution in [1.82, 2.24) is 10.2 Å². The first kappa shape index (κ1) is 23.5. The molecule has 0 aromatic heterocycles. The largest absolute Gasteiger partial charge is 0.456 e. The number of carbonyl (C=O) groups excluding carboxylic acids is 3. The zero-order chi connectivity index (χ0) is 22.8. The summed E-state index contributed by atoms with van der Waals surface area (Å²) in [4.78, 5) is 39.3. The fourth-order valence-corrected chi connectivity index (χ4v) is 3.51. The molecule has 0 aliphatic carbocycles. The maximum Gasteiger partial charge on any atom is 0.306 e. The Morgan fingerprint density at radius 2 is 1.69 bits per heavy atom. The molecule has 0 saturated heterocycles. The van der Waals surface area contributed by atoms with Crippen LogP contribution in [0.5, 0.6) is 0 Å². The summed E-state index contributed by atoms with van der Waals surface area (Å²) in [6.07, 6.45) is 4.83. The van der Waals surface area contributed by atoms with Crippen LogP contribution in [0.2, 0.25) is 5.02 Å². The summed E-state index contributed by atoms with van der Waals surface area (Å²) >= 11 is 5.90. The first-order valence-electron chi connectivity index (χ1n) is 10.7. The van der Waals surface area contributed by atoms with Crippen LogP contribution in [0.3, 0.4) is 0 Å². The molecule has 0 fully saturated rings. The van der Waals surface area contributed by atoms with Crippen molar-refractivity contribution in [2.24, 2.45) is 0 Å². The highest BCUT2D eigenvalue weighted by Crippen LogP contribution is 2.21. The number of esters is 1. The lowest BCUT2D eigenvalue weighted by Crippen LogP contribution is -2.43. The van der Waals surface area contributed by atoms with Crippen molar-refractivity contribution >= 4 is 29.4 Å². The van der Waals surface area contributed by atoms with Gasteiger partial charge in [-0.15, -0.1) is 0 Å². The van der Waals surface area contributed by atoms with E-state index in [0.717, 1.165) is 11.1 Å². The molecule has 1 heterocycles. The van der Waals surface area contributed by atoms with Crippen molar-refractivity contribution in [3.63, 3.8) is 0 Å². The van der Waals surface area contributed by atoms with Gasteiger partial charge in [0.25, 0.3) is 0 Å². The summed E-state index contributed by atoms with van der Waals surface area (Å²) in [6.45, 7) is 0.335. The maximum atomic E-state index is 12.9. The van der Waals surface area contributed by atoms with Crippen LogP contribution in [0.25, 0.3) is 0 Å². The normalized spacial score (nSPS) is 17.8. The van der Waals surface area contributed by atoms with Gasteiger partial charge in [0.05, 0.1) is 13.1 Å². The van der Waals surface area contributed by atoms with Gasteiger partial charge in [-0.1, -0.05) is 66.2 Å². The number of benzene rings is 2. The third kappa shape index (κ3) is 7.54. The second-order valence-electron chi connectivity index (χ2n) is 7.62. The summed E-state index contributed by atoms with van der Waals surface area (Å²) in [5.74, 6) is -0.772. The Hall–Kier alpha value is -3.12. The van der Waals surface area contributed by atoms with E-state index in [4.69, 9.17) is 16.3 Å². The Bertz CT molecular complexity index is 944. The van der Waals surface area contributed by atoms with Gasteiger partial charge >= 0.3 is 5.97 Å². The Kier molecular flexibility index (Phi) is 8.87. The molecule has 0 radical (unpaired) electrons. The van der Waals surface area contributed by atoms with Gasteiger partial charge in [0.2, 0.25) is 11.8 Å². The molecular formula is C25H27ClN2O4. The molecule has 0 spiro atoms. The van der Waals surface area contributed by atoms with E-state index in [1.807, 2.05) is 54.6 Å². The predicted octanol–water partition coefficient (Wildman–Crippen LogP) is 4.20.